The first-order valence-corrected chi connectivity index (χ1v) is 17.1. The van der Waals surface area contributed by atoms with Gasteiger partial charge in [-0.2, -0.15) is 0 Å². The highest BCUT2D eigenvalue weighted by atomic mass is 79.9. The van der Waals surface area contributed by atoms with Crippen LogP contribution in [0.2, 0.25) is 0 Å². The van der Waals surface area contributed by atoms with Crippen molar-refractivity contribution in [3.63, 3.8) is 0 Å². The lowest BCUT2D eigenvalue weighted by Gasteiger charge is -2.12. The zero-order valence-corrected chi connectivity index (χ0v) is 26.9. The molecule has 0 atom stereocenters. The molecule has 0 bridgehead atoms. The summed E-state index contributed by atoms with van der Waals surface area (Å²) in [4.78, 5) is 13.7. The predicted molar refractivity (Wildman–Crippen MR) is 174 cm³/mol. The molecule has 0 unspecified atom stereocenters. The van der Waals surface area contributed by atoms with E-state index in [1.165, 1.54) is 18.5 Å². The van der Waals surface area contributed by atoms with Crippen molar-refractivity contribution < 1.29 is 17.5 Å². The van der Waals surface area contributed by atoms with E-state index in [4.69, 9.17) is 9.72 Å². The van der Waals surface area contributed by atoms with E-state index in [2.05, 4.69) is 36.5 Å². The van der Waals surface area contributed by atoms with E-state index < -0.39 is 9.84 Å². The van der Waals surface area contributed by atoms with Gasteiger partial charge in [-0.25, -0.2) is 27.8 Å². The van der Waals surface area contributed by atoms with Crippen molar-refractivity contribution in [1.82, 2.24) is 20.3 Å². The highest BCUT2D eigenvalue weighted by Crippen LogP contribution is 2.33. The van der Waals surface area contributed by atoms with Crippen molar-refractivity contribution >= 4 is 59.5 Å². The van der Waals surface area contributed by atoms with Crippen LogP contribution >= 0.6 is 27.3 Å². The van der Waals surface area contributed by atoms with E-state index >= 15 is 0 Å². The van der Waals surface area contributed by atoms with Gasteiger partial charge in [0, 0.05) is 41.5 Å². The lowest BCUT2D eigenvalue weighted by molar-refractivity contribution is 0.303. The summed E-state index contributed by atoms with van der Waals surface area (Å²) in [6, 6.07) is 17.9. The van der Waals surface area contributed by atoms with Crippen molar-refractivity contribution in [2.24, 2.45) is 0 Å². The summed E-state index contributed by atoms with van der Waals surface area (Å²) >= 11 is 5.15. The maximum Gasteiger partial charge on any atom is 0.153 e. The van der Waals surface area contributed by atoms with Crippen molar-refractivity contribution in [2.75, 3.05) is 24.2 Å². The molecule has 0 aliphatic heterocycles. The van der Waals surface area contributed by atoms with Gasteiger partial charge < -0.3 is 15.4 Å². The molecule has 0 aliphatic rings. The van der Waals surface area contributed by atoms with Crippen LogP contribution in [-0.2, 0) is 22.9 Å². The molecular formula is C31H31BrFN5O3S2. The smallest absolute Gasteiger partial charge is 0.153 e. The number of hydrogen-bond acceptors (Lipinski definition) is 9. The van der Waals surface area contributed by atoms with E-state index in [0.29, 0.717) is 31.1 Å². The average molecular weight is 685 g/mol. The number of rotatable bonds is 13. The Morgan fingerprint density at radius 1 is 1.05 bits per heavy atom. The van der Waals surface area contributed by atoms with Gasteiger partial charge in [0.1, 0.15) is 30.3 Å². The van der Waals surface area contributed by atoms with Crippen LogP contribution in [0.25, 0.3) is 22.2 Å². The third-order valence-electron chi connectivity index (χ3n) is 6.76. The van der Waals surface area contributed by atoms with E-state index in [0.717, 1.165) is 42.9 Å². The Hall–Kier alpha value is -3.45. The summed E-state index contributed by atoms with van der Waals surface area (Å²) in [6.07, 6.45) is 2.24. The van der Waals surface area contributed by atoms with E-state index in [1.807, 2.05) is 47.8 Å². The Kier molecular flexibility index (Phi) is 10.0. The van der Waals surface area contributed by atoms with Crippen LogP contribution in [0.5, 0.6) is 5.75 Å². The number of thiazole rings is 1. The second-order valence-corrected chi connectivity index (χ2v) is 14.7. The van der Waals surface area contributed by atoms with Crippen LogP contribution in [0.4, 0.5) is 15.9 Å². The van der Waals surface area contributed by atoms with Crippen LogP contribution in [0, 0.1) is 5.82 Å². The molecule has 0 amide bonds. The number of anilines is 2. The first kappa shape index (κ1) is 31.0. The van der Waals surface area contributed by atoms with Gasteiger partial charge in [0.15, 0.2) is 9.84 Å². The molecule has 0 radical (unpaired) electrons. The number of sulfone groups is 1. The largest absolute Gasteiger partial charge is 0.488 e. The SMILES string of the molecule is CC(C)S(=O)(=O)CCNCCc1nc(-c2ccc3ncnc(Nc4ccc(OCc5cccc(F)c5)c(Br)c4)c3c2)cs1. The fourth-order valence-electron chi connectivity index (χ4n) is 4.26. The van der Waals surface area contributed by atoms with E-state index in [-0.39, 0.29) is 23.4 Å². The van der Waals surface area contributed by atoms with Crippen LogP contribution < -0.4 is 15.4 Å². The van der Waals surface area contributed by atoms with Crippen LogP contribution in [-0.4, -0.2) is 47.5 Å². The molecule has 3 aromatic carbocycles. The highest BCUT2D eigenvalue weighted by Gasteiger charge is 2.15. The van der Waals surface area contributed by atoms with Gasteiger partial charge in [-0.1, -0.05) is 18.2 Å². The van der Waals surface area contributed by atoms with Crippen molar-refractivity contribution in [3.05, 3.63) is 93.2 Å². The highest BCUT2D eigenvalue weighted by molar-refractivity contribution is 9.10. The number of hydrogen-bond donors (Lipinski definition) is 2. The Bertz CT molecular complexity index is 1830. The third kappa shape index (κ3) is 8.14. The summed E-state index contributed by atoms with van der Waals surface area (Å²) in [5, 5.41) is 10.1. The number of benzene rings is 3. The standard InChI is InChI=1S/C31H31BrFN5O3S2/c1-20(2)43(39,40)13-12-34-11-10-30-38-28(18-42-30)22-6-8-27-25(15-22)31(36-19-35-27)37-24-7-9-29(26(32)16-24)41-17-21-4-3-5-23(33)14-21/h3-9,14-16,18-20,34H,10-13,17H2,1-2H3,(H,35,36,37). The van der Waals surface area contributed by atoms with Gasteiger partial charge >= 0.3 is 0 Å². The minimum atomic E-state index is -3.04. The minimum absolute atomic E-state index is 0.134. The number of halogens is 2. The Labute approximate surface area is 262 Å². The topological polar surface area (TPSA) is 106 Å². The number of fused-ring (bicyclic) bond motifs is 1. The Morgan fingerprint density at radius 2 is 1.91 bits per heavy atom. The zero-order chi connectivity index (χ0) is 30.4. The monoisotopic (exact) mass is 683 g/mol. The molecule has 0 saturated heterocycles. The number of nitrogens with zero attached hydrogens (tertiary/aromatic N) is 3. The molecule has 224 valence electrons. The molecule has 8 nitrogen and oxygen atoms in total. The maximum absolute atomic E-state index is 13.5. The van der Waals surface area contributed by atoms with Crippen molar-refractivity contribution in [3.8, 4) is 17.0 Å². The maximum atomic E-state index is 13.5. The molecule has 5 rings (SSSR count). The van der Waals surface area contributed by atoms with Crippen molar-refractivity contribution in [1.29, 1.82) is 0 Å². The molecule has 0 saturated carbocycles. The quantitative estimate of drug-likeness (QED) is 0.129. The van der Waals surface area contributed by atoms with Gasteiger partial charge in [0.2, 0.25) is 0 Å². The molecule has 0 spiro atoms. The Balaban J connectivity index is 1.24. The summed E-state index contributed by atoms with van der Waals surface area (Å²) in [5.74, 6) is 1.13. The minimum Gasteiger partial charge on any atom is -0.488 e. The van der Waals surface area contributed by atoms with Gasteiger partial charge in [-0.3, -0.25) is 0 Å². The molecule has 12 heteroatoms. The summed E-state index contributed by atoms with van der Waals surface area (Å²) < 4.78 is 44.0. The lowest BCUT2D eigenvalue weighted by atomic mass is 10.1. The first-order chi connectivity index (χ1) is 20.7. The van der Waals surface area contributed by atoms with Crippen molar-refractivity contribution in [2.45, 2.75) is 32.1 Å². The molecular weight excluding hydrogens is 653 g/mol. The molecule has 0 fully saturated rings. The van der Waals surface area contributed by atoms with Gasteiger partial charge in [0.05, 0.1) is 31.7 Å². The Morgan fingerprint density at radius 3 is 2.70 bits per heavy atom. The number of aromatic nitrogens is 3. The number of ether oxygens (including phenoxy) is 1. The summed E-state index contributed by atoms with van der Waals surface area (Å²) in [5.41, 5.74) is 4.16. The predicted octanol–water partition coefficient (Wildman–Crippen LogP) is 6.93. The molecule has 2 heterocycles. The van der Waals surface area contributed by atoms with Gasteiger partial charge in [-0.15, -0.1) is 11.3 Å². The molecule has 5 aromatic rings. The normalized spacial score (nSPS) is 11.7. The van der Waals surface area contributed by atoms with E-state index in [9.17, 15) is 12.8 Å². The van der Waals surface area contributed by atoms with Crippen LogP contribution in [0.3, 0.4) is 0 Å². The fourth-order valence-corrected chi connectivity index (χ4v) is 6.47. The number of nitrogens with one attached hydrogen (secondary N) is 2. The molecule has 2 aromatic heterocycles. The van der Waals surface area contributed by atoms with Gasteiger partial charge in [0.25, 0.3) is 0 Å². The molecule has 2 N–H and O–H groups in total. The first-order valence-electron chi connectivity index (χ1n) is 13.7. The zero-order valence-electron chi connectivity index (χ0n) is 23.7. The molecule has 43 heavy (non-hydrogen) atoms. The third-order valence-corrected chi connectivity index (χ3v) is 10.5. The fraction of sp³-hybridized carbons (Fsp3) is 0.258. The summed E-state index contributed by atoms with van der Waals surface area (Å²) in [6.45, 7) is 4.75. The second-order valence-electron chi connectivity index (χ2n) is 10.2. The van der Waals surface area contributed by atoms with Crippen LogP contribution in [0.1, 0.15) is 24.4 Å². The second kappa shape index (κ2) is 13.9. The average Bonchev–Trinajstić information content (AvgIpc) is 3.45. The van der Waals surface area contributed by atoms with Crippen LogP contribution in [0.15, 0.2) is 76.8 Å². The van der Waals surface area contributed by atoms with Gasteiger partial charge in [-0.05, 0) is 77.8 Å². The van der Waals surface area contributed by atoms with E-state index in [1.54, 1.807) is 31.3 Å². The summed E-state index contributed by atoms with van der Waals surface area (Å²) in [7, 11) is -3.04. The lowest BCUT2D eigenvalue weighted by Crippen LogP contribution is -2.28. The molecule has 0 aliphatic carbocycles.